The molecule has 1 aromatic heterocycles. The van der Waals surface area contributed by atoms with Gasteiger partial charge >= 0.3 is 5.97 Å². The molecule has 0 saturated carbocycles. The molecule has 0 saturated heterocycles. The number of rotatable bonds is 6. The number of benzene rings is 3. The molecular formula is C23H16O4S. The molecule has 0 spiro atoms. The molecule has 0 atom stereocenters. The second kappa shape index (κ2) is 7.66. The molecular weight excluding hydrogens is 372 g/mol. The molecule has 0 bridgehead atoms. The van der Waals surface area contributed by atoms with Crippen LogP contribution in [0.25, 0.3) is 10.1 Å². The van der Waals surface area contributed by atoms with Gasteiger partial charge in [0.15, 0.2) is 0 Å². The lowest BCUT2D eigenvalue weighted by Gasteiger charge is -2.09. The first kappa shape index (κ1) is 17.9. The van der Waals surface area contributed by atoms with Crippen molar-refractivity contribution in [1.82, 2.24) is 0 Å². The molecule has 3 aromatic carbocycles. The summed E-state index contributed by atoms with van der Waals surface area (Å²) in [6, 6.07) is 23.4. The molecule has 0 aliphatic carbocycles. The van der Waals surface area contributed by atoms with Gasteiger partial charge in [0.05, 0.1) is 5.56 Å². The number of aromatic carboxylic acids is 1. The van der Waals surface area contributed by atoms with Gasteiger partial charge in [-0.1, -0.05) is 54.6 Å². The zero-order valence-electron chi connectivity index (χ0n) is 14.8. The molecule has 0 aliphatic heterocycles. The lowest BCUT2D eigenvalue weighted by molar-refractivity contribution is 0.0696. The van der Waals surface area contributed by atoms with Gasteiger partial charge in [0.25, 0.3) is 0 Å². The van der Waals surface area contributed by atoms with Gasteiger partial charge in [0.2, 0.25) is 5.78 Å². The number of ketones is 1. The van der Waals surface area contributed by atoms with Crippen LogP contribution in [-0.4, -0.2) is 16.9 Å². The summed E-state index contributed by atoms with van der Waals surface area (Å²) < 4.78 is 7.02. The van der Waals surface area contributed by atoms with Gasteiger partial charge in [-0.25, -0.2) is 4.79 Å². The number of carboxylic acid groups (broad SMARTS) is 1. The summed E-state index contributed by atoms with van der Waals surface area (Å²) in [7, 11) is 0. The first-order chi connectivity index (χ1) is 13.6. The van der Waals surface area contributed by atoms with Crippen LogP contribution in [0.3, 0.4) is 0 Å². The van der Waals surface area contributed by atoms with E-state index in [9.17, 15) is 9.59 Å². The van der Waals surface area contributed by atoms with E-state index in [4.69, 9.17) is 9.84 Å². The number of carboxylic acids is 1. The molecule has 4 aromatic rings. The van der Waals surface area contributed by atoms with E-state index in [2.05, 4.69) is 0 Å². The third-order valence-corrected chi connectivity index (χ3v) is 5.50. The van der Waals surface area contributed by atoms with Crippen LogP contribution in [0.4, 0.5) is 0 Å². The first-order valence-corrected chi connectivity index (χ1v) is 9.51. The average molecular weight is 388 g/mol. The molecule has 0 aliphatic rings. The minimum Gasteiger partial charge on any atom is -0.487 e. The Kier molecular flexibility index (Phi) is 4.91. The Morgan fingerprint density at radius 3 is 2.36 bits per heavy atom. The quantitative estimate of drug-likeness (QED) is 0.449. The van der Waals surface area contributed by atoms with Crippen molar-refractivity contribution < 1.29 is 19.4 Å². The van der Waals surface area contributed by atoms with E-state index in [0.717, 1.165) is 15.6 Å². The summed E-state index contributed by atoms with van der Waals surface area (Å²) >= 11 is 1.40. The number of hydrogen-bond donors (Lipinski definition) is 1. The molecule has 0 fully saturated rings. The second-order valence-corrected chi connectivity index (χ2v) is 7.30. The molecule has 28 heavy (non-hydrogen) atoms. The highest BCUT2D eigenvalue weighted by Crippen LogP contribution is 2.39. The molecule has 1 N–H and O–H groups in total. The maximum Gasteiger partial charge on any atom is 0.335 e. The molecule has 4 nitrogen and oxygen atoms in total. The topological polar surface area (TPSA) is 63.6 Å². The van der Waals surface area contributed by atoms with E-state index >= 15 is 0 Å². The van der Waals surface area contributed by atoms with E-state index in [1.54, 1.807) is 30.3 Å². The van der Waals surface area contributed by atoms with Crippen molar-refractivity contribution in [3.8, 4) is 5.75 Å². The van der Waals surface area contributed by atoms with Crippen LogP contribution in [0.15, 0.2) is 78.9 Å². The third kappa shape index (κ3) is 3.52. The van der Waals surface area contributed by atoms with Crippen LogP contribution in [0.5, 0.6) is 5.75 Å². The van der Waals surface area contributed by atoms with Gasteiger partial charge in [-0.3, -0.25) is 4.79 Å². The van der Waals surface area contributed by atoms with Crippen LogP contribution in [-0.2, 0) is 6.61 Å². The zero-order chi connectivity index (χ0) is 19.5. The minimum atomic E-state index is -0.984. The maximum atomic E-state index is 13.0. The lowest BCUT2D eigenvalue weighted by atomic mass is 10.1. The van der Waals surface area contributed by atoms with Crippen LogP contribution in [0.2, 0.25) is 0 Å². The van der Waals surface area contributed by atoms with Crippen LogP contribution in [0, 0.1) is 0 Å². The Balaban J connectivity index is 1.70. The summed E-state index contributed by atoms with van der Waals surface area (Å²) in [5.41, 5.74) is 1.54. The van der Waals surface area contributed by atoms with Gasteiger partial charge < -0.3 is 9.84 Å². The summed E-state index contributed by atoms with van der Waals surface area (Å²) in [6.07, 6.45) is 0. The average Bonchev–Trinajstić information content (AvgIpc) is 3.11. The lowest BCUT2D eigenvalue weighted by Crippen LogP contribution is -2.04. The van der Waals surface area contributed by atoms with Crippen molar-refractivity contribution in [2.45, 2.75) is 6.61 Å². The Bertz CT molecular complexity index is 1160. The summed E-state index contributed by atoms with van der Waals surface area (Å²) in [6.45, 7) is 0.177. The molecule has 4 rings (SSSR count). The molecule has 0 unspecified atom stereocenters. The minimum absolute atomic E-state index is 0.0870. The predicted molar refractivity (Wildman–Crippen MR) is 109 cm³/mol. The molecule has 0 amide bonds. The number of fused-ring (bicyclic) bond motifs is 1. The van der Waals surface area contributed by atoms with E-state index in [1.807, 2.05) is 42.5 Å². The maximum absolute atomic E-state index is 13.0. The van der Waals surface area contributed by atoms with Crippen molar-refractivity contribution in [1.29, 1.82) is 0 Å². The number of carbonyl (C=O) groups excluding carboxylic acids is 1. The van der Waals surface area contributed by atoms with Crippen LogP contribution in [0.1, 0.15) is 31.2 Å². The van der Waals surface area contributed by atoms with Crippen LogP contribution < -0.4 is 4.74 Å². The highest BCUT2D eigenvalue weighted by Gasteiger charge is 2.21. The summed E-state index contributed by atoms with van der Waals surface area (Å²) in [5.74, 6) is -0.533. The van der Waals surface area contributed by atoms with E-state index in [0.29, 0.717) is 16.2 Å². The van der Waals surface area contributed by atoms with Crippen molar-refractivity contribution in [3.63, 3.8) is 0 Å². The van der Waals surface area contributed by atoms with E-state index < -0.39 is 5.97 Å². The van der Waals surface area contributed by atoms with E-state index in [-0.39, 0.29) is 18.0 Å². The number of hydrogen-bond acceptors (Lipinski definition) is 4. The van der Waals surface area contributed by atoms with Gasteiger partial charge in [-0.2, -0.15) is 0 Å². The molecule has 0 radical (unpaired) electrons. The Morgan fingerprint density at radius 2 is 1.57 bits per heavy atom. The van der Waals surface area contributed by atoms with Gasteiger partial charge in [-0.05, 0) is 29.8 Å². The number of ether oxygens (including phenoxy) is 1. The zero-order valence-corrected chi connectivity index (χ0v) is 15.6. The Labute approximate surface area is 165 Å². The monoisotopic (exact) mass is 388 g/mol. The molecule has 138 valence electrons. The van der Waals surface area contributed by atoms with Gasteiger partial charge in [0, 0.05) is 15.6 Å². The highest BCUT2D eigenvalue weighted by molar-refractivity contribution is 7.21. The largest absolute Gasteiger partial charge is 0.487 e. The smallest absolute Gasteiger partial charge is 0.335 e. The number of carbonyl (C=O) groups is 2. The predicted octanol–water partition coefficient (Wildman–Crippen LogP) is 5.41. The first-order valence-electron chi connectivity index (χ1n) is 8.70. The Morgan fingerprint density at radius 1 is 0.857 bits per heavy atom. The molecule has 5 heteroatoms. The fraction of sp³-hybridized carbons (Fsp3) is 0.0435. The van der Waals surface area contributed by atoms with Crippen molar-refractivity contribution in [2.75, 3.05) is 0 Å². The second-order valence-electron chi connectivity index (χ2n) is 6.25. The van der Waals surface area contributed by atoms with E-state index in [1.165, 1.54) is 17.4 Å². The Hall–Kier alpha value is -3.44. The standard InChI is InChI=1S/C23H16O4S/c24-20(16-8-2-1-3-9-16)22-21(18-11-4-5-12-19(18)28-22)27-14-15-7-6-10-17(13-15)23(25)26/h1-13H,14H2,(H,25,26). The van der Waals surface area contributed by atoms with Crippen molar-refractivity contribution in [3.05, 3.63) is 100 Å². The highest BCUT2D eigenvalue weighted by atomic mass is 32.1. The van der Waals surface area contributed by atoms with Gasteiger partial charge in [-0.15, -0.1) is 11.3 Å². The molecule has 1 heterocycles. The van der Waals surface area contributed by atoms with Crippen molar-refractivity contribution >= 4 is 33.2 Å². The fourth-order valence-electron chi connectivity index (χ4n) is 2.98. The van der Waals surface area contributed by atoms with Crippen molar-refractivity contribution in [2.24, 2.45) is 0 Å². The summed E-state index contributed by atoms with van der Waals surface area (Å²) in [5, 5.41) is 10.0. The fourth-order valence-corrected chi connectivity index (χ4v) is 4.09. The number of thiophene rings is 1. The van der Waals surface area contributed by atoms with Gasteiger partial charge in [0.1, 0.15) is 17.2 Å². The normalized spacial score (nSPS) is 10.7. The van der Waals surface area contributed by atoms with Crippen LogP contribution >= 0.6 is 11.3 Å². The SMILES string of the molecule is O=C(O)c1cccc(COc2c(C(=O)c3ccccc3)sc3ccccc23)c1. The third-order valence-electron chi connectivity index (χ3n) is 4.35. The summed E-state index contributed by atoms with van der Waals surface area (Å²) in [4.78, 5) is 24.8.